The van der Waals surface area contributed by atoms with E-state index in [1.165, 1.54) is 24.5 Å². The van der Waals surface area contributed by atoms with Crippen LogP contribution in [0.25, 0.3) is 10.6 Å². The number of aromatic nitrogens is 1. The van der Waals surface area contributed by atoms with Gasteiger partial charge >= 0.3 is 5.97 Å². The first-order valence-electron chi connectivity index (χ1n) is 7.18. The van der Waals surface area contributed by atoms with E-state index in [1.807, 2.05) is 5.38 Å². The minimum atomic E-state index is -0.393. The molecule has 0 amide bonds. The fraction of sp³-hybridized carbons (Fsp3) is 0.111. The third-order valence-electron chi connectivity index (χ3n) is 3.32. The highest BCUT2D eigenvalue weighted by atomic mass is 32.1. The standard InChI is InChI=1S/C18H14FNO3S/c1-22-18(21)12-6-8-14(9-7-12)23-10-13-11-24-17(20-13)15-4-2-3-5-16(15)19/h2-9,11H,10H2,1H3. The molecule has 122 valence electrons. The molecule has 4 nitrogen and oxygen atoms in total. The number of methoxy groups -OCH3 is 1. The summed E-state index contributed by atoms with van der Waals surface area (Å²) in [7, 11) is 1.34. The highest BCUT2D eigenvalue weighted by molar-refractivity contribution is 7.13. The first kappa shape index (κ1) is 16.1. The number of ether oxygens (including phenoxy) is 2. The van der Waals surface area contributed by atoms with E-state index in [0.29, 0.717) is 21.9 Å². The lowest BCUT2D eigenvalue weighted by Gasteiger charge is -2.05. The Hall–Kier alpha value is -2.73. The summed E-state index contributed by atoms with van der Waals surface area (Å²) >= 11 is 1.37. The molecule has 0 bridgehead atoms. The Morgan fingerprint density at radius 3 is 2.62 bits per heavy atom. The zero-order valence-corrected chi connectivity index (χ0v) is 13.7. The average Bonchev–Trinajstić information content (AvgIpc) is 3.09. The Kier molecular flexibility index (Phi) is 4.86. The number of carbonyl (C=O) groups excluding carboxylic acids is 1. The molecule has 0 fully saturated rings. The van der Waals surface area contributed by atoms with Gasteiger partial charge in [0.05, 0.1) is 18.4 Å². The van der Waals surface area contributed by atoms with E-state index in [4.69, 9.17) is 4.74 Å². The Bertz CT molecular complexity index is 845. The second-order valence-corrected chi connectivity index (χ2v) is 5.79. The Balaban J connectivity index is 1.65. The zero-order chi connectivity index (χ0) is 16.9. The largest absolute Gasteiger partial charge is 0.487 e. The van der Waals surface area contributed by atoms with Crippen LogP contribution in [0.1, 0.15) is 16.1 Å². The molecule has 0 saturated carbocycles. The number of hydrogen-bond acceptors (Lipinski definition) is 5. The normalized spacial score (nSPS) is 10.4. The van der Waals surface area contributed by atoms with Gasteiger partial charge in [-0.2, -0.15) is 0 Å². The second kappa shape index (κ2) is 7.23. The molecule has 0 atom stereocenters. The molecule has 0 unspecified atom stereocenters. The van der Waals surface area contributed by atoms with Crippen LogP contribution in [0.3, 0.4) is 0 Å². The zero-order valence-electron chi connectivity index (χ0n) is 12.9. The van der Waals surface area contributed by atoms with Gasteiger partial charge in [0.15, 0.2) is 0 Å². The van der Waals surface area contributed by atoms with Gasteiger partial charge in [0.25, 0.3) is 0 Å². The van der Waals surface area contributed by atoms with Crippen LogP contribution in [0.4, 0.5) is 4.39 Å². The maximum absolute atomic E-state index is 13.8. The molecule has 0 saturated heterocycles. The predicted molar refractivity (Wildman–Crippen MR) is 89.6 cm³/mol. The van der Waals surface area contributed by atoms with Crippen molar-refractivity contribution >= 4 is 17.3 Å². The molecule has 3 rings (SSSR count). The second-order valence-electron chi connectivity index (χ2n) is 4.93. The van der Waals surface area contributed by atoms with Gasteiger partial charge in [-0.3, -0.25) is 0 Å². The van der Waals surface area contributed by atoms with Crippen LogP contribution in [-0.2, 0) is 11.3 Å². The average molecular weight is 343 g/mol. The molecule has 0 N–H and O–H groups in total. The molecule has 3 aromatic rings. The number of hydrogen-bond donors (Lipinski definition) is 0. The van der Waals surface area contributed by atoms with Gasteiger partial charge in [0.1, 0.15) is 23.2 Å². The van der Waals surface area contributed by atoms with Crippen LogP contribution >= 0.6 is 11.3 Å². The number of benzene rings is 2. The van der Waals surface area contributed by atoms with Crippen LogP contribution in [-0.4, -0.2) is 18.1 Å². The number of carbonyl (C=O) groups is 1. The van der Waals surface area contributed by atoms with Crippen LogP contribution in [0.2, 0.25) is 0 Å². The molecule has 0 aliphatic rings. The van der Waals surface area contributed by atoms with E-state index in [2.05, 4.69) is 9.72 Å². The Morgan fingerprint density at radius 1 is 1.17 bits per heavy atom. The Labute approximate surface area is 142 Å². The number of halogens is 1. The smallest absolute Gasteiger partial charge is 0.337 e. The predicted octanol–water partition coefficient (Wildman–Crippen LogP) is 4.31. The summed E-state index contributed by atoms with van der Waals surface area (Å²) in [5, 5.41) is 2.46. The molecule has 24 heavy (non-hydrogen) atoms. The van der Waals surface area contributed by atoms with Crippen molar-refractivity contribution in [3.8, 4) is 16.3 Å². The minimum Gasteiger partial charge on any atom is -0.487 e. The van der Waals surface area contributed by atoms with Gasteiger partial charge in [-0.1, -0.05) is 12.1 Å². The van der Waals surface area contributed by atoms with Crippen molar-refractivity contribution in [3.63, 3.8) is 0 Å². The molecule has 0 aliphatic carbocycles. The van der Waals surface area contributed by atoms with Gasteiger partial charge in [0, 0.05) is 10.9 Å². The van der Waals surface area contributed by atoms with E-state index in [9.17, 15) is 9.18 Å². The van der Waals surface area contributed by atoms with Crippen molar-refractivity contribution in [1.82, 2.24) is 4.98 Å². The van der Waals surface area contributed by atoms with E-state index in [0.717, 1.165) is 5.69 Å². The summed E-state index contributed by atoms with van der Waals surface area (Å²) in [6.45, 7) is 0.266. The molecule has 2 aromatic carbocycles. The molecule has 1 heterocycles. The van der Waals surface area contributed by atoms with Crippen LogP contribution in [0, 0.1) is 5.82 Å². The van der Waals surface area contributed by atoms with Crippen molar-refractivity contribution in [2.24, 2.45) is 0 Å². The highest BCUT2D eigenvalue weighted by Gasteiger charge is 2.10. The summed E-state index contributed by atoms with van der Waals surface area (Å²) in [5.41, 5.74) is 1.66. The van der Waals surface area contributed by atoms with Crippen molar-refractivity contribution < 1.29 is 18.7 Å². The van der Waals surface area contributed by atoms with E-state index < -0.39 is 5.97 Å². The van der Waals surface area contributed by atoms with Gasteiger partial charge < -0.3 is 9.47 Å². The number of esters is 1. The molecule has 0 spiro atoms. The van der Waals surface area contributed by atoms with E-state index in [-0.39, 0.29) is 12.4 Å². The lowest BCUT2D eigenvalue weighted by molar-refractivity contribution is 0.0600. The van der Waals surface area contributed by atoms with Crippen LogP contribution in [0.5, 0.6) is 5.75 Å². The summed E-state index contributed by atoms with van der Waals surface area (Å²) in [5.74, 6) is -0.0728. The molecule has 1 aromatic heterocycles. The molecular formula is C18H14FNO3S. The van der Waals surface area contributed by atoms with E-state index >= 15 is 0 Å². The highest BCUT2D eigenvalue weighted by Crippen LogP contribution is 2.26. The topological polar surface area (TPSA) is 48.4 Å². The van der Waals surface area contributed by atoms with Gasteiger partial charge in [-0.05, 0) is 36.4 Å². The fourth-order valence-corrected chi connectivity index (χ4v) is 2.92. The molecular weight excluding hydrogens is 329 g/mol. The van der Waals surface area contributed by atoms with Crippen LogP contribution in [0.15, 0.2) is 53.9 Å². The monoisotopic (exact) mass is 343 g/mol. The third kappa shape index (κ3) is 3.60. The lowest BCUT2D eigenvalue weighted by atomic mass is 10.2. The quantitative estimate of drug-likeness (QED) is 0.648. The molecule has 6 heteroatoms. The van der Waals surface area contributed by atoms with Crippen molar-refractivity contribution in [2.45, 2.75) is 6.61 Å². The van der Waals surface area contributed by atoms with Crippen LogP contribution < -0.4 is 4.74 Å². The van der Waals surface area contributed by atoms with Gasteiger partial charge in [0.2, 0.25) is 0 Å². The number of rotatable bonds is 5. The first-order valence-corrected chi connectivity index (χ1v) is 8.06. The van der Waals surface area contributed by atoms with Crippen molar-refractivity contribution in [2.75, 3.05) is 7.11 Å². The summed E-state index contributed by atoms with van der Waals surface area (Å²) in [6, 6.07) is 13.2. The molecule has 0 radical (unpaired) electrons. The molecule has 0 aliphatic heterocycles. The number of thiazole rings is 1. The summed E-state index contributed by atoms with van der Waals surface area (Å²) in [4.78, 5) is 15.8. The Morgan fingerprint density at radius 2 is 1.92 bits per heavy atom. The minimum absolute atomic E-state index is 0.266. The fourth-order valence-electron chi connectivity index (χ4n) is 2.09. The maximum atomic E-state index is 13.8. The first-order chi connectivity index (χ1) is 11.7. The summed E-state index contributed by atoms with van der Waals surface area (Å²) in [6.07, 6.45) is 0. The van der Waals surface area contributed by atoms with Crippen molar-refractivity contribution in [3.05, 3.63) is 71.0 Å². The van der Waals surface area contributed by atoms with E-state index in [1.54, 1.807) is 42.5 Å². The van der Waals surface area contributed by atoms with Gasteiger partial charge in [-0.15, -0.1) is 11.3 Å². The maximum Gasteiger partial charge on any atom is 0.337 e. The third-order valence-corrected chi connectivity index (χ3v) is 4.24. The number of nitrogens with zero attached hydrogens (tertiary/aromatic N) is 1. The SMILES string of the molecule is COC(=O)c1ccc(OCc2csc(-c3ccccc3F)n2)cc1. The summed E-state index contributed by atoms with van der Waals surface area (Å²) < 4.78 is 24.0. The van der Waals surface area contributed by atoms with Crippen molar-refractivity contribution in [1.29, 1.82) is 0 Å². The lowest BCUT2D eigenvalue weighted by Crippen LogP contribution is -2.01. The van der Waals surface area contributed by atoms with Gasteiger partial charge in [-0.25, -0.2) is 14.2 Å².